The number of aromatic nitrogens is 1. The molecule has 170 valence electrons. The molecule has 0 saturated heterocycles. The van der Waals surface area contributed by atoms with Crippen molar-refractivity contribution >= 4 is 23.4 Å². The van der Waals surface area contributed by atoms with Gasteiger partial charge in [-0.2, -0.15) is 5.26 Å². The highest BCUT2D eigenvalue weighted by atomic mass is 19.1. The van der Waals surface area contributed by atoms with Crippen molar-refractivity contribution in [2.45, 2.75) is 38.3 Å². The van der Waals surface area contributed by atoms with Gasteiger partial charge >= 0.3 is 6.09 Å². The number of rotatable bonds is 10. The highest BCUT2D eigenvalue weighted by Crippen LogP contribution is 2.37. The number of hydrogen-bond donors (Lipinski definition) is 4. The molecule has 3 rings (SSSR count). The highest BCUT2D eigenvalue weighted by molar-refractivity contribution is 5.68. The van der Waals surface area contributed by atoms with Gasteiger partial charge in [-0.05, 0) is 31.2 Å². The maximum atomic E-state index is 14.8. The minimum atomic E-state index is -1.13. The van der Waals surface area contributed by atoms with E-state index < -0.39 is 18.0 Å². The average Bonchev–Trinajstić information content (AvgIpc) is 3.62. The lowest BCUT2D eigenvalue weighted by molar-refractivity contribution is 0.187. The van der Waals surface area contributed by atoms with Crippen molar-refractivity contribution in [3.05, 3.63) is 35.6 Å². The Bertz CT molecular complexity index is 1000. The SMILES string of the molecule is CC[C@H](NC(=O)O)[C@H](Nc1nc(Nc2cc(OC)cc(OC)c2)c(C#N)cc1F)C1CC1. The molecule has 10 heteroatoms. The van der Waals surface area contributed by atoms with Crippen LogP contribution >= 0.6 is 0 Å². The van der Waals surface area contributed by atoms with Gasteiger partial charge in [0, 0.05) is 23.9 Å². The van der Waals surface area contributed by atoms with Gasteiger partial charge in [0.1, 0.15) is 17.6 Å². The molecule has 1 saturated carbocycles. The molecule has 0 radical (unpaired) electrons. The summed E-state index contributed by atoms with van der Waals surface area (Å²) in [5.74, 6) is 0.688. The lowest BCUT2D eigenvalue weighted by Gasteiger charge is -2.28. The van der Waals surface area contributed by atoms with Gasteiger partial charge in [0.15, 0.2) is 17.5 Å². The van der Waals surface area contributed by atoms with Gasteiger partial charge in [-0.1, -0.05) is 6.92 Å². The Hall–Kier alpha value is -3.74. The number of anilines is 3. The minimum Gasteiger partial charge on any atom is -0.497 e. The minimum absolute atomic E-state index is 0.0218. The smallest absolute Gasteiger partial charge is 0.404 e. The fourth-order valence-electron chi connectivity index (χ4n) is 3.55. The van der Waals surface area contributed by atoms with Crippen LogP contribution in [0.25, 0.3) is 0 Å². The molecule has 4 N–H and O–H groups in total. The van der Waals surface area contributed by atoms with Crippen LogP contribution in [-0.4, -0.2) is 42.5 Å². The average molecular weight is 443 g/mol. The first-order valence-corrected chi connectivity index (χ1v) is 10.2. The Morgan fingerprint density at radius 3 is 2.41 bits per heavy atom. The molecule has 0 aliphatic heterocycles. The Labute approximate surface area is 185 Å². The summed E-state index contributed by atoms with van der Waals surface area (Å²) < 4.78 is 25.3. The zero-order chi connectivity index (χ0) is 23.3. The first-order valence-electron chi connectivity index (χ1n) is 10.2. The second-order valence-electron chi connectivity index (χ2n) is 7.52. The molecular formula is C22H26FN5O4. The summed E-state index contributed by atoms with van der Waals surface area (Å²) in [6.45, 7) is 1.86. The van der Waals surface area contributed by atoms with Gasteiger partial charge in [-0.25, -0.2) is 14.2 Å². The number of carboxylic acid groups (broad SMARTS) is 1. The molecule has 2 atom stereocenters. The van der Waals surface area contributed by atoms with Gasteiger partial charge in [0.05, 0.1) is 31.9 Å². The van der Waals surface area contributed by atoms with Gasteiger partial charge in [-0.3, -0.25) is 0 Å². The molecule has 1 amide bonds. The van der Waals surface area contributed by atoms with Crippen molar-refractivity contribution in [3.8, 4) is 17.6 Å². The molecule has 1 aromatic carbocycles. The third-order valence-corrected chi connectivity index (χ3v) is 5.33. The van der Waals surface area contributed by atoms with Crippen LogP contribution in [0.1, 0.15) is 31.7 Å². The first-order chi connectivity index (χ1) is 15.4. The number of ether oxygens (including phenoxy) is 2. The van der Waals surface area contributed by atoms with Crippen LogP contribution in [0.2, 0.25) is 0 Å². The van der Waals surface area contributed by atoms with Crippen LogP contribution in [0.5, 0.6) is 11.5 Å². The zero-order valence-corrected chi connectivity index (χ0v) is 18.1. The lowest BCUT2D eigenvalue weighted by atomic mass is 10.0. The quantitative estimate of drug-likeness (QED) is 0.432. The fourth-order valence-corrected chi connectivity index (χ4v) is 3.55. The van der Waals surface area contributed by atoms with Crippen LogP contribution in [0.4, 0.5) is 26.5 Å². The second-order valence-corrected chi connectivity index (χ2v) is 7.52. The maximum absolute atomic E-state index is 14.8. The Balaban J connectivity index is 1.93. The maximum Gasteiger partial charge on any atom is 0.404 e. The van der Waals surface area contributed by atoms with E-state index in [0.29, 0.717) is 23.6 Å². The van der Waals surface area contributed by atoms with E-state index in [4.69, 9.17) is 14.6 Å². The summed E-state index contributed by atoms with van der Waals surface area (Å²) in [7, 11) is 3.04. The Morgan fingerprint density at radius 2 is 1.91 bits per heavy atom. The molecule has 2 aromatic rings. The molecule has 1 fully saturated rings. The number of pyridine rings is 1. The standard InChI is InChI=1S/C22H26FN5O4/c1-4-18(26-22(29)30)19(12-5-6-12)27-21-17(23)7-13(11-24)20(28-21)25-14-8-15(31-2)10-16(9-14)32-3/h7-10,12,18-19,26H,4-6H2,1-3H3,(H,29,30)(H2,25,27,28)/t18-,19+/m0/s1. The van der Waals surface area contributed by atoms with Gasteiger partial charge in [0.2, 0.25) is 0 Å². The first kappa shape index (κ1) is 22.9. The summed E-state index contributed by atoms with van der Waals surface area (Å²) in [6, 6.07) is 7.40. The van der Waals surface area contributed by atoms with E-state index in [1.54, 1.807) is 18.2 Å². The number of carbonyl (C=O) groups is 1. The van der Waals surface area contributed by atoms with Crippen LogP contribution in [0.3, 0.4) is 0 Å². The van der Waals surface area contributed by atoms with Gasteiger partial charge in [-0.15, -0.1) is 0 Å². The molecule has 1 aromatic heterocycles. The molecule has 32 heavy (non-hydrogen) atoms. The van der Waals surface area contributed by atoms with Crippen molar-refractivity contribution in [1.29, 1.82) is 5.26 Å². The predicted molar refractivity (Wildman–Crippen MR) is 117 cm³/mol. The lowest BCUT2D eigenvalue weighted by Crippen LogP contribution is -2.47. The monoisotopic (exact) mass is 443 g/mol. The Kier molecular flexibility index (Phi) is 7.20. The summed E-state index contributed by atoms with van der Waals surface area (Å²) >= 11 is 0. The number of hydrogen-bond acceptors (Lipinski definition) is 7. The van der Waals surface area contributed by atoms with Crippen LogP contribution in [-0.2, 0) is 0 Å². The molecule has 1 aliphatic carbocycles. The second kappa shape index (κ2) is 10.0. The summed E-state index contributed by atoms with van der Waals surface area (Å²) in [5.41, 5.74) is 0.564. The number of nitrogens with one attached hydrogen (secondary N) is 3. The molecule has 1 aliphatic rings. The van der Waals surface area contributed by atoms with Crippen LogP contribution < -0.4 is 25.4 Å². The van der Waals surface area contributed by atoms with Gasteiger partial charge in [0.25, 0.3) is 0 Å². The number of nitriles is 1. The molecule has 0 unspecified atom stereocenters. The summed E-state index contributed by atoms with van der Waals surface area (Å²) in [4.78, 5) is 15.5. The van der Waals surface area contributed by atoms with E-state index in [1.807, 2.05) is 13.0 Å². The number of amides is 1. The van der Waals surface area contributed by atoms with Crippen molar-refractivity contribution < 1.29 is 23.8 Å². The highest BCUT2D eigenvalue weighted by Gasteiger charge is 2.37. The van der Waals surface area contributed by atoms with E-state index in [1.165, 1.54) is 14.2 Å². The topological polar surface area (TPSA) is 129 Å². The normalized spacial score (nSPS) is 14.6. The van der Waals surface area contributed by atoms with Crippen LogP contribution in [0.15, 0.2) is 24.3 Å². The predicted octanol–water partition coefficient (Wildman–Crippen LogP) is 4.09. The van der Waals surface area contributed by atoms with E-state index in [-0.39, 0.29) is 29.2 Å². The molecule has 0 bridgehead atoms. The number of benzene rings is 1. The molecule has 9 nitrogen and oxygen atoms in total. The number of halogens is 1. The summed E-state index contributed by atoms with van der Waals surface area (Å²) in [6.07, 6.45) is 1.24. The van der Waals surface area contributed by atoms with Crippen molar-refractivity contribution in [3.63, 3.8) is 0 Å². The van der Waals surface area contributed by atoms with E-state index in [2.05, 4.69) is 20.9 Å². The third-order valence-electron chi connectivity index (χ3n) is 5.33. The van der Waals surface area contributed by atoms with Gasteiger partial charge < -0.3 is 30.5 Å². The summed E-state index contributed by atoms with van der Waals surface area (Å²) in [5, 5.41) is 27.2. The molecule has 0 spiro atoms. The zero-order valence-electron chi connectivity index (χ0n) is 18.1. The molecular weight excluding hydrogens is 417 g/mol. The molecule has 1 heterocycles. The van der Waals surface area contributed by atoms with E-state index in [0.717, 1.165) is 18.9 Å². The van der Waals surface area contributed by atoms with Crippen molar-refractivity contribution in [2.24, 2.45) is 5.92 Å². The Morgan fingerprint density at radius 1 is 1.25 bits per heavy atom. The van der Waals surface area contributed by atoms with Crippen LogP contribution in [0, 0.1) is 23.1 Å². The van der Waals surface area contributed by atoms with E-state index >= 15 is 0 Å². The fraction of sp³-hybridized carbons (Fsp3) is 0.409. The number of methoxy groups -OCH3 is 2. The van der Waals surface area contributed by atoms with E-state index in [9.17, 15) is 14.4 Å². The largest absolute Gasteiger partial charge is 0.497 e. The van der Waals surface area contributed by atoms with Crippen molar-refractivity contribution in [1.82, 2.24) is 10.3 Å². The third kappa shape index (κ3) is 5.49. The number of nitrogens with zero attached hydrogens (tertiary/aromatic N) is 2. The van der Waals surface area contributed by atoms with Crippen molar-refractivity contribution in [2.75, 3.05) is 24.9 Å².